The molecule has 0 saturated carbocycles. The van der Waals surface area contributed by atoms with E-state index < -0.39 is 0 Å². The van der Waals surface area contributed by atoms with Gasteiger partial charge in [0.05, 0.1) is 10.9 Å². The van der Waals surface area contributed by atoms with E-state index in [4.69, 9.17) is 4.98 Å². The minimum Gasteiger partial charge on any atom is -0.303 e. The Bertz CT molecular complexity index is 854. The third-order valence-electron chi connectivity index (χ3n) is 7.25. The fraction of sp³-hybridized carbons (Fsp3) is 0.724. The van der Waals surface area contributed by atoms with Crippen LogP contribution >= 0.6 is 0 Å². The van der Waals surface area contributed by atoms with E-state index in [1.807, 2.05) is 28.8 Å². The van der Waals surface area contributed by atoms with Crippen molar-refractivity contribution in [3.05, 3.63) is 40.4 Å². The summed E-state index contributed by atoms with van der Waals surface area (Å²) in [5.41, 5.74) is 1.00. The fourth-order valence-corrected chi connectivity index (χ4v) is 5.22. The van der Waals surface area contributed by atoms with Crippen LogP contribution in [0.1, 0.15) is 109 Å². The third-order valence-corrected chi connectivity index (χ3v) is 7.25. The first-order valence-corrected chi connectivity index (χ1v) is 14.0. The summed E-state index contributed by atoms with van der Waals surface area (Å²) < 4.78 is 1.99. The molecule has 0 N–H and O–H groups in total. The topological polar surface area (TPSA) is 38.1 Å². The summed E-state index contributed by atoms with van der Waals surface area (Å²) in [6.45, 7) is 6.60. The minimum absolute atomic E-state index is 0.150. The maximum absolute atomic E-state index is 13.2. The highest BCUT2D eigenvalue weighted by Crippen LogP contribution is 2.15. The lowest BCUT2D eigenvalue weighted by Gasteiger charge is -2.26. The molecule has 1 aromatic carbocycles. The highest BCUT2D eigenvalue weighted by atomic mass is 16.1. The van der Waals surface area contributed by atoms with Gasteiger partial charge in [0.25, 0.3) is 5.56 Å². The Morgan fingerprint density at radius 2 is 1.39 bits per heavy atom. The standard InChI is InChI=1S/C29H47N3O/c1-2-3-4-5-6-7-8-9-10-11-13-21-28-30-27-20-15-14-19-26(27)29(33)32(28)25-18-24-31-22-16-12-17-23-31/h14-15,19-20H,2-13,16-18,21-25H2,1H3. The van der Waals surface area contributed by atoms with Crippen LogP contribution < -0.4 is 5.56 Å². The van der Waals surface area contributed by atoms with Crippen molar-refractivity contribution in [1.29, 1.82) is 0 Å². The van der Waals surface area contributed by atoms with E-state index in [1.165, 1.54) is 96.6 Å². The summed E-state index contributed by atoms with van der Waals surface area (Å²) in [7, 11) is 0. The van der Waals surface area contributed by atoms with Crippen LogP contribution in [0.3, 0.4) is 0 Å². The van der Waals surface area contributed by atoms with Crippen LogP contribution in [0.4, 0.5) is 0 Å². The molecule has 1 aromatic heterocycles. The lowest BCUT2D eigenvalue weighted by molar-refractivity contribution is 0.222. The number of fused-ring (bicyclic) bond motifs is 1. The molecule has 184 valence electrons. The zero-order valence-corrected chi connectivity index (χ0v) is 21.2. The summed E-state index contributed by atoms with van der Waals surface area (Å²) >= 11 is 0. The highest BCUT2D eigenvalue weighted by molar-refractivity contribution is 5.77. The molecule has 2 heterocycles. The molecule has 4 nitrogen and oxygen atoms in total. The molecule has 1 fully saturated rings. The van der Waals surface area contributed by atoms with Gasteiger partial charge in [-0.2, -0.15) is 0 Å². The quantitative estimate of drug-likeness (QED) is 0.254. The fourth-order valence-electron chi connectivity index (χ4n) is 5.22. The number of unbranched alkanes of at least 4 members (excludes halogenated alkanes) is 10. The van der Waals surface area contributed by atoms with E-state index in [1.54, 1.807) is 0 Å². The number of hydrogen-bond donors (Lipinski definition) is 0. The number of hydrogen-bond acceptors (Lipinski definition) is 3. The van der Waals surface area contributed by atoms with Crippen molar-refractivity contribution in [1.82, 2.24) is 14.5 Å². The maximum atomic E-state index is 13.2. The number of rotatable bonds is 16. The predicted molar refractivity (Wildman–Crippen MR) is 141 cm³/mol. The molecule has 3 rings (SSSR count). The van der Waals surface area contributed by atoms with Crippen molar-refractivity contribution in [3.8, 4) is 0 Å². The summed E-state index contributed by atoms with van der Waals surface area (Å²) in [4.78, 5) is 20.7. The summed E-state index contributed by atoms with van der Waals surface area (Å²) in [5, 5.41) is 0.762. The van der Waals surface area contributed by atoms with Gasteiger partial charge in [-0.15, -0.1) is 0 Å². The number of aromatic nitrogens is 2. The molecule has 0 radical (unpaired) electrons. The van der Waals surface area contributed by atoms with Gasteiger partial charge in [0.2, 0.25) is 0 Å². The van der Waals surface area contributed by atoms with E-state index in [0.717, 1.165) is 49.1 Å². The van der Waals surface area contributed by atoms with Crippen LogP contribution in [-0.4, -0.2) is 34.1 Å². The second-order valence-corrected chi connectivity index (χ2v) is 10.0. The van der Waals surface area contributed by atoms with Crippen LogP contribution in [0, 0.1) is 0 Å². The largest absolute Gasteiger partial charge is 0.303 e. The normalized spacial score (nSPS) is 14.8. The second kappa shape index (κ2) is 15.3. The molecule has 4 heteroatoms. The van der Waals surface area contributed by atoms with Gasteiger partial charge in [-0.3, -0.25) is 9.36 Å². The Balaban J connectivity index is 1.46. The van der Waals surface area contributed by atoms with Gasteiger partial charge < -0.3 is 4.90 Å². The van der Waals surface area contributed by atoms with Gasteiger partial charge in [-0.25, -0.2) is 4.98 Å². The number of para-hydroxylation sites is 1. The van der Waals surface area contributed by atoms with Crippen molar-refractivity contribution >= 4 is 10.9 Å². The molecule has 0 amide bonds. The smallest absolute Gasteiger partial charge is 0.261 e. The van der Waals surface area contributed by atoms with E-state index in [0.29, 0.717) is 0 Å². The Hall–Kier alpha value is -1.68. The van der Waals surface area contributed by atoms with Crippen molar-refractivity contribution in [2.45, 2.75) is 116 Å². The molecule has 0 aliphatic carbocycles. The molecule has 1 aliphatic rings. The van der Waals surface area contributed by atoms with Crippen LogP contribution in [-0.2, 0) is 13.0 Å². The van der Waals surface area contributed by atoms with Crippen molar-refractivity contribution in [3.63, 3.8) is 0 Å². The molecule has 33 heavy (non-hydrogen) atoms. The number of likely N-dealkylation sites (tertiary alicyclic amines) is 1. The first kappa shape index (κ1) is 25.9. The summed E-state index contributed by atoms with van der Waals surface area (Å²) in [6.07, 6.45) is 20.7. The molecule has 0 unspecified atom stereocenters. The van der Waals surface area contributed by atoms with Crippen LogP contribution in [0.25, 0.3) is 10.9 Å². The average Bonchev–Trinajstić information content (AvgIpc) is 2.85. The lowest BCUT2D eigenvalue weighted by Crippen LogP contribution is -2.32. The monoisotopic (exact) mass is 453 g/mol. The highest BCUT2D eigenvalue weighted by Gasteiger charge is 2.13. The zero-order chi connectivity index (χ0) is 23.1. The first-order valence-electron chi connectivity index (χ1n) is 14.0. The van der Waals surface area contributed by atoms with Crippen LogP contribution in [0.15, 0.2) is 29.1 Å². The number of aryl methyl sites for hydroxylation is 1. The van der Waals surface area contributed by atoms with Gasteiger partial charge in [0.15, 0.2) is 0 Å². The molecular weight excluding hydrogens is 406 g/mol. The average molecular weight is 454 g/mol. The van der Waals surface area contributed by atoms with Gasteiger partial charge >= 0.3 is 0 Å². The van der Waals surface area contributed by atoms with Crippen LogP contribution in [0.5, 0.6) is 0 Å². The first-order chi connectivity index (χ1) is 16.3. The maximum Gasteiger partial charge on any atom is 0.261 e. The SMILES string of the molecule is CCCCCCCCCCCCCc1nc2ccccc2c(=O)n1CCCN1CCCCC1. The zero-order valence-electron chi connectivity index (χ0n) is 21.2. The van der Waals surface area contributed by atoms with E-state index >= 15 is 0 Å². The molecule has 1 aliphatic heterocycles. The molecule has 0 atom stereocenters. The molecular formula is C29H47N3O. The van der Waals surface area contributed by atoms with Gasteiger partial charge in [-0.05, 0) is 57.5 Å². The molecule has 0 bridgehead atoms. The number of nitrogens with zero attached hydrogens (tertiary/aromatic N) is 3. The second-order valence-electron chi connectivity index (χ2n) is 10.0. The van der Waals surface area contributed by atoms with Gasteiger partial charge in [0, 0.05) is 13.0 Å². The van der Waals surface area contributed by atoms with Crippen molar-refractivity contribution in [2.75, 3.05) is 19.6 Å². The van der Waals surface area contributed by atoms with E-state index in [-0.39, 0.29) is 5.56 Å². The van der Waals surface area contributed by atoms with E-state index in [2.05, 4.69) is 11.8 Å². The predicted octanol–water partition coefficient (Wildman–Crippen LogP) is 7.13. The van der Waals surface area contributed by atoms with Crippen LogP contribution in [0.2, 0.25) is 0 Å². The van der Waals surface area contributed by atoms with Gasteiger partial charge in [0.1, 0.15) is 5.82 Å². The van der Waals surface area contributed by atoms with Crippen molar-refractivity contribution in [2.24, 2.45) is 0 Å². The Labute approximate surface area is 201 Å². The molecule has 0 spiro atoms. The molecule has 2 aromatic rings. The lowest BCUT2D eigenvalue weighted by atomic mass is 10.1. The third kappa shape index (κ3) is 8.88. The van der Waals surface area contributed by atoms with Gasteiger partial charge in [-0.1, -0.05) is 89.7 Å². The summed E-state index contributed by atoms with van der Waals surface area (Å²) in [5.74, 6) is 0.994. The summed E-state index contributed by atoms with van der Waals surface area (Å²) in [6, 6.07) is 7.85. The number of benzene rings is 1. The molecule has 1 saturated heterocycles. The van der Waals surface area contributed by atoms with Crippen molar-refractivity contribution < 1.29 is 0 Å². The minimum atomic E-state index is 0.150. The number of piperidine rings is 1. The Kier molecular flexibility index (Phi) is 12.0. The Morgan fingerprint density at radius 1 is 0.758 bits per heavy atom. The van der Waals surface area contributed by atoms with E-state index in [9.17, 15) is 4.79 Å². The Morgan fingerprint density at radius 3 is 2.09 bits per heavy atom.